The molecule has 1 unspecified atom stereocenters. The Morgan fingerprint density at radius 2 is 1.89 bits per heavy atom. The van der Waals surface area contributed by atoms with Crippen molar-refractivity contribution in [1.82, 2.24) is 0 Å². The third kappa shape index (κ3) is 1.66. The minimum Gasteiger partial charge on any atom is -0.388 e. The highest BCUT2D eigenvalue weighted by molar-refractivity contribution is 4.89. The molecule has 2 nitrogen and oxygen atoms in total. The standard InChI is InChI=1S/C7H14O2/c1-6(2)4-7(3,8)5-9-6/h8H,4-5H2,1-3H3. The molecule has 1 N–H and O–H groups in total. The van der Waals surface area contributed by atoms with E-state index in [4.69, 9.17) is 4.74 Å². The van der Waals surface area contributed by atoms with Crippen LogP contribution in [-0.2, 0) is 4.74 Å². The highest BCUT2D eigenvalue weighted by atomic mass is 16.5. The Labute approximate surface area is 55.8 Å². The van der Waals surface area contributed by atoms with E-state index in [1.54, 1.807) is 0 Å². The SMILES string of the molecule is CC1(O)COC(C)(C)C1. The molecule has 1 heterocycles. The molecule has 0 bridgehead atoms. The average molecular weight is 130 g/mol. The summed E-state index contributed by atoms with van der Waals surface area (Å²) in [4.78, 5) is 0. The maximum atomic E-state index is 9.41. The van der Waals surface area contributed by atoms with Gasteiger partial charge < -0.3 is 9.84 Å². The summed E-state index contributed by atoms with van der Waals surface area (Å²) in [6.07, 6.45) is 0.736. The van der Waals surface area contributed by atoms with E-state index in [0.717, 1.165) is 6.42 Å². The average Bonchev–Trinajstić information content (AvgIpc) is 1.78. The van der Waals surface area contributed by atoms with Crippen LogP contribution < -0.4 is 0 Å². The summed E-state index contributed by atoms with van der Waals surface area (Å²) < 4.78 is 5.31. The fourth-order valence-corrected chi connectivity index (χ4v) is 1.37. The van der Waals surface area contributed by atoms with Crippen molar-refractivity contribution in [3.8, 4) is 0 Å². The Morgan fingerprint density at radius 3 is 2.00 bits per heavy atom. The first-order valence-corrected chi connectivity index (χ1v) is 3.28. The zero-order valence-corrected chi connectivity index (χ0v) is 6.27. The van der Waals surface area contributed by atoms with Gasteiger partial charge in [0.15, 0.2) is 0 Å². The van der Waals surface area contributed by atoms with Gasteiger partial charge in [-0.3, -0.25) is 0 Å². The van der Waals surface area contributed by atoms with Gasteiger partial charge in [0.1, 0.15) is 0 Å². The van der Waals surface area contributed by atoms with Crippen molar-refractivity contribution < 1.29 is 9.84 Å². The van der Waals surface area contributed by atoms with Gasteiger partial charge >= 0.3 is 0 Å². The molecule has 1 fully saturated rings. The lowest BCUT2D eigenvalue weighted by molar-refractivity contribution is 0.0132. The first-order valence-electron chi connectivity index (χ1n) is 3.28. The van der Waals surface area contributed by atoms with Crippen LogP contribution in [0.5, 0.6) is 0 Å². The van der Waals surface area contributed by atoms with Crippen molar-refractivity contribution in [1.29, 1.82) is 0 Å². The quantitative estimate of drug-likeness (QED) is 0.528. The third-order valence-corrected chi connectivity index (χ3v) is 1.58. The molecule has 0 spiro atoms. The zero-order chi connectivity index (χ0) is 7.12. The highest BCUT2D eigenvalue weighted by Crippen LogP contribution is 2.31. The molecule has 54 valence electrons. The third-order valence-electron chi connectivity index (χ3n) is 1.58. The van der Waals surface area contributed by atoms with Crippen molar-refractivity contribution in [2.24, 2.45) is 0 Å². The Balaban J connectivity index is 2.58. The Hall–Kier alpha value is -0.0800. The summed E-state index contributed by atoms with van der Waals surface area (Å²) in [5, 5.41) is 9.41. The molecule has 1 rings (SSSR count). The molecule has 0 radical (unpaired) electrons. The van der Waals surface area contributed by atoms with E-state index in [0.29, 0.717) is 6.61 Å². The van der Waals surface area contributed by atoms with E-state index in [2.05, 4.69) is 0 Å². The predicted molar refractivity (Wildman–Crippen MR) is 35.3 cm³/mol. The first kappa shape index (κ1) is 7.03. The Bertz CT molecular complexity index is 102. The molecule has 0 aromatic carbocycles. The second kappa shape index (κ2) is 1.70. The van der Waals surface area contributed by atoms with E-state index >= 15 is 0 Å². The number of rotatable bonds is 0. The lowest BCUT2D eigenvalue weighted by Crippen LogP contribution is -2.25. The summed E-state index contributed by atoms with van der Waals surface area (Å²) in [5.74, 6) is 0. The van der Waals surface area contributed by atoms with Gasteiger partial charge in [-0.2, -0.15) is 0 Å². The van der Waals surface area contributed by atoms with Crippen LogP contribution in [0.15, 0.2) is 0 Å². The van der Waals surface area contributed by atoms with Gasteiger partial charge in [-0.1, -0.05) is 0 Å². The Kier molecular flexibility index (Phi) is 1.33. The second-order valence-corrected chi connectivity index (χ2v) is 3.72. The van der Waals surface area contributed by atoms with E-state index in [9.17, 15) is 5.11 Å². The lowest BCUT2D eigenvalue weighted by Gasteiger charge is -2.17. The summed E-state index contributed by atoms with van der Waals surface area (Å²) in [6, 6.07) is 0. The predicted octanol–water partition coefficient (Wildman–Crippen LogP) is 0.936. The van der Waals surface area contributed by atoms with E-state index < -0.39 is 5.60 Å². The highest BCUT2D eigenvalue weighted by Gasteiger charge is 2.39. The second-order valence-electron chi connectivity index (χ2n) is 3.72. The van der Waals surface area contributed by atoms with Crippen LogP contribution in [0.2, 0.25) is 0 Å². The molecule has 0 saturated carbocycles. The molecule has 1 aliphatic heterocycles. The fourth-order valence-electron chi connectivity index (χ4n) is 1.37. The molecular formula is C7H14O2. The topological polar surface area (TPSA) is 29.5 Å². The minimum absolute atomic E-state index is 0.122. The minimum atomic E-state index is -0.594. The monoisotopic (exact) mass is 130 g/mol. The van der Waals surface area contributed by atoms with Gasteiger partial charge in [0.05, 0.1) is 17.8 Å². The summed E-state index contributed by atoms with van der Waals surface area (Å²) >= 11 is 0. The summed E-state index contributed by atoms with van der Waals surface area (Å²) in [6.45, 7) is 6.27. The molecule has 0 aliphatic carbocycles. The van der Waals surface area contributed by atoms with Crippen LogP contribution in [0.3, 0.4) is 0 Å². The number of hydrogen-bond acceptors (Lipinski definition) is 2. The lowest BCUT2D eigenvalue weighted by atomic mass is 9.96. The molecule has 2 heteroatoms. The molecule has 9 heavy (non-hydrogen) atoms. The number of hydrogen-bond donors (Lipinski definition) is 1. The molecular weight excluding hydrogens is 116 g/mol. The van der Waals surface area contributed by atoms with Gasteiger partial charge in [0.25, 0.3) is 0 Å². The van der Waals surface area contributed by atoms with Gasteiger partial charge in [0, 0.05) is 6.42 Å². The van der Waals surface area contributed by atoms with Crippen molar-refractivity contribution in [2.45, 2.75) is 38.4 Å². The molecule has 1 atom stereocenters. The Morgan fingerprint density at radius 1 is 1.33 bits per heavy atom. The summed E-state index contributed by atoms with van der Waals surface area (Å²) in [5.41, 5.74) is -0.715. The van der Waals surface area contributed by atoms with Crippen LogP contribution in [0.25, 0.3) is 0 Å². The number of ether oxygens (including phenoxy) is 1. The normalized spacial score (nSPS) is 41.3. The van der Waals surface area contributed by atoms with Crippen molar-refractivity contribution in [3.63, 3.8) is 0 Å². The van der Waals surface area contributed by atoms with Gasteiger partial charge in [-0.05, 0) is 20.8 Å². The largest absolute Gasteiger partial charge is 0.388 e. The van der Waals surface area contributed by atoms with E-state index in [1.807, 2.05) is 20.8 Å². The summed E-state index contributed by atoms with van der Waals surface area (Å²) in [7, 11) is 0. The van der Waals surface area contributed by atoms with Gasteiger partial charge in [-0.15, -0.1) is 0 Å². The molecule has 1 saturated heterocycles. The molecule has 1 aliphatic rings. The molecule has 0 aromatic rings. The maximum Gasteiger partial charge on any atom is 0.0879 e. The van der Waals surface area contributed by atoms with Gasteiger partial charge in [0.2, 0.25) is 0 Å². The molecule has 0 aromatic heterocycles. The first-order chi connectivity index (χ1) is 3.91. The number of aliphatic hydroxyl groups is 1. The van der Waals surface area contributed by atoms with Crippen LogP contribution >= 0.6 is 0 Å². The van der Waals surface area contributed by atoms with E-state index in [1.165, 1.54) is 0 Å². The van der Waals surface area contributed by atoms with Crippen LogP contribution in [-0.4, -0.2) is 22.9 Å². The van der Waals surface area contributed by atoms with Gasteiger partial charge in [-0.25, -0.2) is 0 Å². The van der Waals surface area contributed by atoms with Crippen LogP contribution in [0.1, 0.15) is 27.2 Å². The van der Waals surface area contributed by atoms with Crippen molar-refractivity contribution in [2.75, 3.05) is 6.61 Å². The maximum absolute atomic E-state index is 9.41. The van der Waals surface area contributed by atoms with Crippen LogP contribution in [0.4, 0.5) is 0 Å². The van der Waals surface area contributed by atoms with Crippen molar-refractivity contribution in [3.05, 3.63) is 0 Å². The fraction of sp³-hybridized carbons (Fsp3) is 1.00. The molecule has 0 amide bonds. The van der Waals surface area contributed by atoms with Crippen LogP contribution in [0, 0.1) is 0 Å². The smallest absolute Gasteiger partial charge is 0.0879 e. The van der Waals surface area contributed by atoms with Crippen molar-refractivity contribution >= 4 is 0 Å². The zero-order valence-electron chi connectivity index (χ0n) is 6.27. The van der Waals surface area contributed by atoms with E-state index in [-0.39, 0.29) is 5.60 Å².